The molecule has 100 valence electrons. The van der Waals surface area contributed by atoms with Crippen molar-refractivity contribution in [3.05, 3.63) is 47.9 Å². The van der Waals surface area contributed by atoms with Gasteiger partial charge < -0.3 is 15.0 Å². The highest BCUT2D eigenvalue weighted by molar-refractivity contribution is 5.92. The number of hydrogen-bond donors (Lipinski definition) is 1. The molecule has 1 heterocycles. The predicted molar refractivity (Wildman–Crippen MR) is 72.9 cm³/mol. The third kappa shape index (κ3) is 2.59. The molecule has 2 aromatic rings. The van der Waals surface area contributed by atoms with Gasteiger partial charge in [-0.25, -0.2) is 9.78 Å². The molecule has 0 bridgehead atoms. The number of rotatable bonds is 4. The summed E-state index contributed by atoms with van der Waals surface area (Å²) in [6.07, 6.45) is 1.57. The van der Waals surface area contributed by atoms with E-state index in [2.05, 4.69) is 4.98 Å². The van der Waals surface area contributed by atoms with Gasteiger partial charge in [0.25, 0.3) is 0 Å². The van der Waals surface area contributed by atoms with E-state index < -0.39 is 5.97 Å². The van der Waals surface area contributed by atoms with Gasteiger partial charge in [0.05, 0.1) is 19.0 Å². The number of nitrogens with zero attached hydrogens (tertiary/aromatic N) is 2. The molecule has 0 spiro atoms. The van der Waals surface area contributed by atoms with Crippen LogP contribution in [0.3, 0.4) is 0 Å². The molecule has 0 aliphatic heterocycles. The van der Waals surface area contributed by atoms with E-state index in [0.717, 1.165) is 5.56 Å². The topological polar surface area (TPSA) is 70.1 Å². The molecule has 0 amide bonds. The SMILES string of the molecule is CCOC(=O)c1ncn([C@H](C)c2ccccc2)c1N. The average Bonchev–Trinajstić information content (AvgIpc) is 2.81. The van der Waals surface area contributed by atoms with Crippen molar-refractivity contribution in [3.63, 3.8) is 0 Å². The summed E-state index contributed by atoms with van der Waals surface area (Å²) in [5, 5.41) is 0. The minimum Gasteiger partial charge on any atom is -0.461 e. The zero-order valence-electron chi connectivity index (χ0n) is 11.0. The zero-order valence-corrected chi connectivity index (χ0v) is 11.0. The number of carbonyl (C=O) groups is 1. The number of nitrogens with two attached hydrogens (primary N) is 1. The normalized spacial score (nSPS) is 12.1. The van der Waals surface area contributed by atoms with Crippen LogP contribution in [0.15, 0.2) is 36.7 Å². The molecule has 0 aliphatic carbocycles. The molecule has 1 atom stereocenters. The van der Waals surface area contributed by atoms with Crippen molar-refractivity contribution in [3.8, 4) is 0 Å². The van der Waals surface area contributed by atoms with Crippen molar-refractivity contribution in [1.82, 2.24) is 9.55 Å². The quantitative estimate of drug-likeness (QED) is 0.855. The lowest BCUT2D eigenvalue weighted by molar-refractivity contribution is 0.0521. The molecule has 19 heavy (non-hydrogen) atoms. The Morgan fingerprint density at radius 2 is 2.11 bits per heavy atom. The molecule has 2 rings (SSSR count). The molecule has 0 saturated heterocycles. The molecular weight excluding hydrogens is 242 g/mol. The Morgan fingerprint density at radius 1 is 1.42 bits per heavy atom. The molecule has 0 radical (unpaired) electrons. The average molecular weight is 259 g/mol. The number of imidazole rings is 1. The predicted octanol–water partition coefficient (Wildman–Crippen LogP) is 2.25. The number of esters is 1. The molecule has 5 heteroatoms. The number of anilines is 1. The highest BCUT2D eigenvalue weighted by Crippen LogP contribution is 2.23. The minimum atomic E-state index is -0.487. The Balaban J connectivity index is 2.29. The van der Waals surface area contributed by atoms with Gasteiger partial charge in [0, 0.05) is 0 Å². The lowest BCUT2D eigenvalue weighted by Crippen LogP contribution is -2.12. The van der Waals surface area contributed by atoms with Gasteiger partial charge in [-0.3, -0.25) is 0 Å². The molecule has 0 aliphatic rings. The van der Waals surface area contributed by atoms with Crippen LogP contribution in [0.1, 0.15) is 35.9 Å². The van der Waals surface area contributed by atoms with Gasteiger partial charge >= 0.3 is 5.97 Å². The Labute approximate surface area is 112 Å². The number of ether oxygens (including phenoxy) is 1. The second-order valence-corrected chi connectivity index (χ2v) is 4.19. The maximum Gasteiger partial charge on any atom is 0.360 e. The highest BCUT2D eigenvalue weighted by Gasteiger charge is 2.19. The molecule has 1 aromatic heterocycles. The van der Waals surface area contributed by atoms with E-state index in [4.69, 9.17) is 10.5 Å². The summed E-state index contributed by atoms with van der Waals surface area (Å²) >= 11 is 0. The fraction of sp³-hybridized carbons (Fsp3) is 0.286. The summed E-state index contributed by atoms with van der Waals surface area (Å²) in [7, 11) is 0. The Kier molecular flexibility index (Phi) is 3.85. The van der Waals surface area contributed by atoms with Crippen LogP contribution >= 0.6 is 0 Å². The van der Waals surface area contributed by atoms with E-state index in [1.54, 1.807) is 17.8 Å². The summed E-state index contributed by atoms with van der Waals surface area (Å²) < 4.78 is 6.68. The number of aromatic nitrogens is 2. The van der Waals surface area contributed by atoms with E-state index >= 15 is 0 Å². The molecular formula is C14H17N3O2. The first kappa shape index (κ1) is 13.1. The van der Waals surface area contributed by atoms with Crippen LogP contribution < -0.4 is 5.73 Å². The maximum atomic E-state index is 11.7. The van der Waals surface area contributed by atoms with E-state index in [-0.39, 0.29) is 11.7 Å². The van der Waals surface area contributed by atoms with Crippen molar-refractivity contribution < 1.29 is 9.53 Å². The van der Waals surface area contributed by atoms with Crippen LogP contribution in [0, 0.1) is 0 Å². The Hall–Kier alpha value is -2.30. The Morgan fingerprint density at radius 3 is 2.74 bits per heavy atom. The van der Waals surface area contributed by atoms with Crippen LogP contribution in [0.4, 0.5) is 5.82 Å². The van der Waals surface area contributed by atoms with E-state index in [9.17, 15) is 4.79 Å². The van der Waals surface area contributed by atoms with Gasteiger partial charge in [-0.2, -0.15) is 0 Å². The Bertz CT molecular complexity index is 563. The van der Waals surface area contributed by atoms with Gasteiger partial charge in [-0.15, -0.1) is 0 Å². The lowest BCUT2D eigenvalue weighted by atomic mass is 10.1. The van der Waals surface area contributed by atoms with E-state index in [0.29, 0.717) is 12.4 Å². The first-order valence-electron chi connectivity index (χ1n) is 6.19. The number of carbonyl (C=O) groups excluding carboxylic acids is 1. The molecule has 0 fully saturated rings. The molecule has 1 aromatic carbocycles. The first-order chi connectivity index (χ1) is 9.15. The fourth-order valence-corrected chi connectivity index (χ4v) is 1.93. The summed E-state index contributed by atoms with van der Waals surface area (Å²) in [6, 6.07) is 9.91. The van der Waals surface area contributed by atoms with Crippen molar-refractivity contribution in [2.75, 3.05) is 12.3 Å². The van der Waals surface area contributed by atoms with Crippen LogP contribution in [0.2, 0.25) is 0 Å². The second-order valence-electron chi connectivity index (χ2n) is 4.19. The number of hydrogen-bond acceptors (Lipinski definition) is 4. The maximum absolute atomic E-state index is 11.7. The summed E-state index contributed by atoms with van der Waals surface area (Å²) in [6.45, 7) is 4.05. The fourth-order valence-electron chi connectivity index (χ4n) is 1.93. The smallest absolute Gasteiger partial charge is 0.360 e. The number of nitrogen functional groups attached to an aromatic ring is 1. The standard InChI is InChI=1S/C14H17N3O2/c1-3-19-14(18)12-13(15)17(9-16-12)10(2)11-7-5-4-6-8-11/h4-10H,3,15H2,1-2H3/t10-/m1/s1. The van der Waals surface area contributed by atoms with Crippen molar-refractivity contribution in [1.29, 1.82) is 0 Å². The zero-order chi connectivity index (χ0) is 13.8. The van der Waals surface area contributed by atoms with Gasteiger partial charge in [0.2, 0.25) is 0 Å². The van der Waals surface area contributed by atoms with Crippen LogP contribution in [-0.4, -0.2) is 22.1 Å². The molecule has 5 nitrogen and oxygen atoms in total. The summed E-state index contributed by atoms with van der Waals surface area (Å²) in [5.74, 6) is -0.159. The van der Waals surface area contributed by atoms with Crippen LogP contribution in [0.25, 0.3) is 0 Å². The van der Waals surface area contributed by atoms with E-state index in [1.165, 1.54) is 0 Å². The lowest BCUT2D eigenvalue weighted by Gasteiger charge is -2.15. The first-order valence-corrected chi connectivity index (χ1v) is 6.19. The van der Waals surface area contributed by atoms with Crippen molar-refractivity contribution in [2.45, 2.75) is 19.9 Å². The monoisotopic (exact) mass is 259 g/mol. The number of benzene rings is 1. The van der Waals surface area contributed by atoms with Crippen molar-refractivity contribution in [2.24, 2.45) is 0 Å². The molecule has 0 saturated carbocycles. The third-order valence-corrected chi connectivity index (χ3v) is 3.00. The third-order valence-electron chi connectivity index (χ3n) is 3.00. The summed E-state index contributed by atoms with van der Waals surface area (Å²) in [5.41, 5.74) is 7.24. The second kappa shape index (κ2) is 5.56. The van der Waals surface area contributed by atoms with Crippen LogP contribution in [0.5, 0.6) is 0 Å². The molecule has 0 unspecified atom stereocenters. The van der Waals surface area contributed by atoms with Gasteiger partial charge in [0.1, 0.15) is 5.82 Å². The van der Waals surface area contributed by atoms with Gasteiger partial charge in [-0.05, 0) is 19.4 Å². The van der Waals surface area contributed by atoms with E-state index in [1.807, 2.05) is 37.3 Å². The van der Waals surface area contributed by atoms with Crippen molar-refractivity contribution >= 4 is 11.8 Å². The van der Waals surface area contributed by atoms with Gasteiger partial charge in [0.15, 0.2) is 5.69 Å². The van der Waals surface area contributed by atoms with Crippen LogP contribution in [-0.2, 0) is 4.74 Å². The largest absolute Gasteiger partial charge is 0.461 e. The molecule has 2 N–H and O–H groups in total. The minimum absolute atomic E-state index is 0.0110. The van der Waals surface area contributed by atoms with Gasteiger partial charge in [-0.1, -0.05) is 30.3 Å². The summed E-state index contributed by atoms with van der Waals surface area (Å²) in [4.78, 5) is 15.7. The highest BCUT2D eigenvalue weighted by atomic mass is 16.5.